The lowest BCUT2D eigenvalue weighted by Gasteiger charge is -2.21. The summed E-state index contributed by atoms with van der Waals surface area (Å²) in [6.45, 7) is 4.71. The summed E-state index contributed by atoms with van der Waals surface area (Å²) in [6, 6.07) is 1.91. The van der Waals surface area contributed by atoms with Gasteiger partial charge in [0.15, 0.2) is 0 Å². The zero-order valence-electron chi connectivity index (χ0n) is 11.1. The predicted molar refractivity (Wildman–Crippen MR) is 72.4 cm³/mol. The van der Waals surface area contributed by atoms with Gasteiger partial charge in [-0.1, -0.05) is 0 Å². The van der Waals surface area contributed by atoms with Gasteiger partial charge in [-0.05, 0) is 21.0 Å². The number of hydrogen-bond donors (Lipinski definition) is 2. The first-order chi connectivity index (χ1) is 8.02. The predicted octanol–water partition coefficient (Wildman–Crippen LogP) is 0.488. The van der Waals surface area contributed by atoms with E-state index < -0.39 is 0 Å². The van der Waals surface area contributed by atoms with Crippen LogP contribution < -0.4 is 16.0 Å². The quantitative estimate of drug-likeness (QED) is 0.751. The van der Waals surface area contributed by atoms with E-state index in [4.69, 9.17) is 5.73 Å². The van der Waals surface area contributed by atoms with Crippen molar-refractivity contribution in [3.05, 3.63) is 6.07 Å². The number of aromatic nitrogens is 2. The van der Waals surface area contributed by atoms with Crippen molar-refractivity contribution in [2.24, 2.45) is 0 Å². The van der Waals surface area contributed by atoms with E-state index in [0.29, 0.717) is 5.95 Å². The SMILES string of the molecule is CCNc1cc(N(C)CCN(C)C)nc(N)n1. The average Bonchev–Trinajstić information content (AvgIpc) is 2.25. The van der Waals surface area contributed by atoms with E-state index in [-0.39, 0.29) is 0 Å². The number of nitrogens with zero attached hydrogens (tertiary/aromatic N) is 4. The van der Waals surface area contributed by atoms with E-state index in [9.17, 15) is 0 Å². The third-order valence-electron chi connectivity index (χ3n) is 2.36. The molecule has 0 saturated heterocycles. The molecule has 0 aliphatic carbocycles. The molecule has 0 amide bonds. The topological polar surface area (TPSA) is 70.3 Å². The molecule has 1 heterocycles. The molecule has 1 aromatic rings. The van der Waals surface area contributed by atoms with Gasteiger partial charge in [-0.25, -0.2) is 0 Å². The Morgan fingerprint density at radius 1 is 1.24 bits per heavy atom. The van der Waals surface area contributed by atoms with Crippen LogP contribution in [-0.2, 0) is 0 Å². The van der Waals surface area contributed by atoms with Gasteiger partial charge >= 0.3 is 0 Å². The maximum Gasteiger partial charge on any atom is 0.223 e. The minimum Gasteiger partial charge on any atom is -0.370 e. The van der Waals surface area contributed by atoms with Crippen molar-refractivity contribution < 1.29 is 0 Å². The number of nitrogens with two attached hydrogens (primary N) is 1. The highest BCUT2D eigenvalue weighted by molar-refractivity contribution is 5.52. The number of nitrogen functional groups attached to an aromatic ring is 1. The summed E-state index contributed by atoms with van der Waals surface area (Å²) in [7, 11) is 6.10. The Morgan fingerprint density at radius 3 is 2.53 bits per heavy atom. The zero-order valence-corrected chi connectivity index (χ0v) is 11.1. The fourth-order valence-electron chi connectivity index (χ4n) is 1.38. The van der Waals surface area contributed by atoms with Gasteiger partial charge in [-0.15, -0.1) is 0 Å². The summed E-state index contributed by atoms with van der Waals surface area (Å²) < 4.78 is 0. The van der Waals surface area contributed by atoms with Gasteiger partial charge in [0.2, 0.25) is 5.95 Å². The summed E-state index contributed by atoms with van der Waals surface area (Å²) >= 11 is 0. The smallest absolute Gasteiger partial charge is 0.223 e. The number of hydrogen-bond acceptors (Lipinski definition) is 6. The second-order valence-electron chi connectivity index (χ2n) is 4.22. The fraction of sp³-hybridized carbons (Fsp3) is 0.636. The second kappa shape index (κ2) is 6.24. The molecule has 0 aliphatic heterocycles. The Kier molecular flexibility index (Phi) is 4.96. The number of anilines is 3. The molecular formula is C11H22N6. The summed E-state index contributed by atoms with van der Waals surface area (Å²) in [4.78, 5) is 12.5. The summed E-state index contributed by atoms with van der Waals surface area (Å²) in [5.41, 5.74) is 5.68. The van der Waals surface area contributed by atoms with E-state index in [1.54, 1.807) is 0 Å². The molecular weight excluding hydrogens is 216 g/mol. The van der Waals surface area contributed by atoms with Crippen molar-refractivity contribution in [1.82, 2.24) is 14.9 Å². The molecule has 17 heavy (non-hydrogen) atoms. The van der Waals surface area contributed by atoms with E-state index in [1.807, 2.05) is 34.1 Å². The van der Waals surface area contributed by atoms with E-state index in [2.05, 4.69) is 25.1 Å². The number of rotatable bonds is 6. The fourth-order valence-corrected chi connectivity index (χ4v) is 1.38. The zero-order chi connectivity index (χ0) is 12.8. The highest BCUT2D eigenvalue weighted by Crippen LogP contribution is 2.15. The molecule has 0 aromatic carbocycles. The van der Waals surface area contributed by atoms with Gasteiger partial charge in [0, 0.05) is 32.7 Å². The first-order valence-electron chi connectivity index (χ1n) is 5.77. The minimum atomic E-state index is 0.301. The van der Waals surface area contributed by atoms with Crippen molar-refractivity contribution in [2.45, 2.75) is 6.92 Å². The lowest BCUT2D eigenvalue weighted by molar-refractivity contribution is 0.416. The van der Waals surface area contributed by atoms with Crippen LogP contribution in [-0.4, -0.2) is 55.6 Å². The normalized spacial score (nSPS) is 10.6. The second-order valence-corrected chi connectivity index (χ2v) is 4.22. The Bertz CT molecular complexity index is 352. The number of likely N-dealkylation sites (N-methyl/N-ethyl adjacent to an activating group) is 2. The summed E-state index contributed by atoms with van der Waals surface area (Å²) in [5.74, 6) is 1.91. The molecule has 0 radical (unpaired) electrons. The van der Waals surface area contributed by atoms with Crippen LogP contribution in [0.1, 0.15) is 6.92 Å². The maximum atomic E-state index is 5.68. The van der Waals surface area contributed by atoms with E-state index >= 15 is 0 Å². The van der Waals surface area contributed by atoms with Crippen LogP contribution in [0.25, 0.3) is 0 Å². The van der Waals surface area contributed by atoms with Gasteiger partial charge in [0.25, 0.3) is 0 Å². The van der Waals surface area contributed by atoms with Crippen molar-refractivity contribution in [1.29, 1.82) is 0 Å². The van der Waals surface area contributed by atoms with Gasteiger partial charge in [0.1, 0.15) is 11.6 Å². The average molecular weight is 238 g/mol. The summed E-state index contributed by atoms with van der Waals surface area (Å²) in [5, 5.41) is 3.14. The molecule has 0 atom stereocenters. The van der Waals surface area contributed by atoms with Crippen LogP contribution >= 0.6 is 0 Å². The molecule has 0 fully saturated rings. The third kappa shape index (κ3) is 4.44. The Labute approximate surface area is 103 Å². The van der Waals surface area contributed by atoms with Crippen molar-refractivity contribution in [3.63, 3.8) is 0 Å². The molecule has 6 heteroatoms. The highest BCUT2D eigenvalue weighted by atomic mass is 15.2. The van der Waals surface area contributed by atoms with Crippen LogP contribution in [0.2, 0.25) is 0 Å². The molecule has 0 saturated carbocycles. The van der Waals surface area contributed by atoms with Crippen LogP contribution in [0.5, 0.6) is 0 Å². The van der Waals surface area contributed by atoms with E-state index in [1.165, 1.54) is 0 Å². The van der Waals surface area contributed by atoms with Gasteiger partial charge < -0.3 is 20.9 Å². The van der Waals surface area contributed by atoms with Crippen molar-refractivity contribution in [3.8, 4) is 0 Å². The molecule has 0 aliphatic rings. The lowest BCUT2D eigenvalue weighted by atomic mass is 10.4. The van der Waals surface area contributed by atoms with Crippen LogP contribution in [0.4, 0.5) is 17.6 Å². The molecule has 1 rings (SSSR count). The molecule has 96 valence electrons. The molecule has 0 spiro atoms. The standard InChI is InChI=1S/C11H22N6/c1-5-13-9-8-10(15-11(12)14-9)17(4)7-6-16(2)3/h8H,5-7H2,1-4H3,(H3,12,13,14,15). The van der Waals surface area contributed by atoms with Crippen LogP contribution in [0, 0.1) is 0 Å². The highest BCUT2D eigenvalue weighted by Gasteiger charge is 2.06. The minimum absolute atomic E-state index is 0.301. The summed E-state index contributed by atoms with van der Waals surface area (Å²) in [6.07, 6.45) is 0. The van der Waals surface area contributed by atoms with E-state index in [0.717, 1.165) is 31.3 Å². The monoisotopic (exact) mass is 238 g/mol. The third-order valence-corrected chi connectivity index (χ3v) is 2.36. The Morgan fingerprint density at radius 2 is 1.94 bits per heavy atom. The van der Waals surface area contributed by atoms with Gasteiger partial charge in [-0.3, -0.25) is 0 Å². The van der Waals surface area contributed by atoms with Crippen LogP contribution in [0.15, 0.2) is 6.07 Å². The molecule has 1 aromatic heterocycles. The Balaban J connectivity index is 2.74. The van der Waals surface area contributed by atoms with Crippen molar-refractivity contribution in [2.75, 3.05) is 56.7 Å². The Hall–Kier alpha value is -1.56. The molecule has 6 nitrogen and oxygen atoms in total. The maximum absolute atomic E-state index is 5.68. The molecule has 3 N–H and O–H groups in total. The first-order valence-corrected chi connectivity index (χ1v) is 5.77. The first kappa shape index (κ1) is 13.5. The number of nitrogens with one attached hydrogen (secondary N) is 1. The lowest BCUT2D eigenvalue weighted by Crippen LogP contribution is -2.29. The molecule has 0 unspecified atom stereocenters. The van der Waals surface area contributed by atoms with Gasteiger partial charge in [0.05, 0.1) is 0 Å². The van der Waals surface area contributed by atoms with Crippen molar-refractivity contribution >= 4 is 17.6 Å². The largest absolute Gasteiger partial charge is 0.370 e. The molecule has 0 bridgehead atoms. The van der Waals surface area contributed by atoms with Gasteiger partial charge in [-0.2, -0.15) is 9.97 Å². The van der Waals surface area contributed by atoms with Crippen LogP contribution in [0.3, 0.4) is 0 Å².